The summed E-state index contributed by atoms with van der Waals surface area (Å²) in [6.45, 7) is 1.32. The number of aromatic amines is 1. The van der Waals surface area contributed by atoms with Gasteiger partial charge in [0.15, 0.2) is 6.61 Å². The number of carbonyl (C=O) groups excluding carboxylic acids is 2. The van der Waals surface area contributed by atoms with E-state index >= 15 is 0 Å². The summed E-state index contributed by atoms with van der Waals surface area (Å²) in [5, 5.41) is 7.69. The second-order valence-corrected chi connectivity index (χ2v) is 6.43. The Balaban J connectivity index is 1.44. The number of carbonyl (C=O) groups is 2. The van der Waals surface area contributed by atoms with Crippen LogP contribution in [0.1, 0.15) is 16.1 Å². The molecule has 8 heteroatoms. The van der Waals surface area contributed by atoms with Crippen LogP contribution in [0.3, 0.4) is 0 Å². The Morgan fingerprint density at radius 1 is 1.17 bits per heavy atom. The molecule has 0 radical (unpaired) electrons. The number of halogens is 1. The largest absolute Gasteiger partial charge is 0.452 e. The summed E-state index contributed by atoms with van der Waals surface area (Å²) >= 11 is 0. The van der Waals surface area contributed by atoms with E-state index in [9.17, 15) is 14.0 Å². The molecule has 2 aromatic carbocycles. The van der Waals surface area contributed by atoms with E-state index in [0.29, 0.717) is 22.8 Å². The number of benzene rings is 2. The number of aromatic nitrogens is 3. The van der Waals surface area contributed by atoms with Crippen molar-refractivity contribution in [2.75, 3.05) is 11.9 Å². The smallest absolute Gasteiger partial charge is 0.340 e. The maximum absolute atomic E-state index is 13.2. The molecule has 1 amide bonds. The van der Waals surface area contributed by atoms with E-state index in [1.807, 2.05) is 18.2 Å². The van der Waals surface area contributed by atoms with E-state index in [1.165, 1.54) is 16.8 Å². The molecule has 4 aromatic rings. The third-order valence-electron chi connectivity index (χ3n) is 4.31. The highest BCUT2D eigenvalue weighted by Crippen LogP contribution is 2.19. The van der Waals surface area contributed by atoms with Crippen molar-refractivity contribution < 1.29 is 18.7 Å². The minimum atomic E-state index is -0.596. The Labute approximate surface area is 165 Å². The maximum atomic E-state index is 13.2. The van der Waals surface area contributed by atoms with Crippen LogP contribution in [-0.4, -0.2) is 33.2 Å². The lowest BCUT2D eigenvalue weighted by atomic mass is 10.2. The summed E-state index contributed by atoms with van der Waals surface area (Å²) < 4.78 is 19.8. The van der Waals surface area contributed by atoms with Crippen molar-refractivity contribution in [3.8, 4) is 5.69 Å². The van der Waals surface area contributed by atoms with Gasteiger partial charge in [-0.3, -0.25) is 4.79 Å². The highest BCUT2D eigenvalue weighted by Gasteiger charge is 2.16. The first-order valence-electron chi connectivity index (χ1n) is 8.87. The number of rotatable bonds is 5. The maximum Gasteiger partial charge on any atom is 0.340 e. The van der Waals surface area contributed by atoms with Crippen LogP contribution in [0.25, 0.3) is 16.6 Å². The lowest BCUT2D eigenvalue weighted by Crippen LogP contribution is -2.22. The fraction of sp³-hybridized carbons (Fsp3) is 0.0952. The van der Waals surface area contributed by atoms with Gasteiger partial charge < -0.3 is 15.0 Å². The lowest BCUT2D eigenvalue weighted by Gasteiger charge is -2.09. The molecule has 0 fully saturated rings. The normalized spacial score (nSPS) is 10.8. The van der Waals surface area contributed by atoms with Crippen molar-refractivity contribution in [2.45, 2.75) is 6.92 Å². The number of esters is 1. The fourth-order valence-electron chi connectivity index (χ4n) is 3.00. The molecule has 0 unspecified atom stereocenters. The summed E-state index contributed by atoms with van der Waals surface area (Å²) in [6, 6.07) is 14.7. The van der Waals surface area contributed by atoms with Crippen LogP contribution >= 0.6 is 0 Å². The predicted molar refractivity (Wildman–Crippen MR) is 105 cm³/mol. The number of amides is 1. The van der Waals surface area contributed by atoms with Crippen LogP contribution in [0.2, 0.25) is 0 Å². The first kappa shape index (κ1) is 18.4. The van der Waals surface area contributed by atoms with Crippen LogP contribution in [0.4, 0.5) is 10.2 Å². The average molecular weight is 392 g/mol. The van der Waals surface area contributed by atoms with Gasteiger partial charge in [-0.2, -0.15) is 5.10 Å². The van der Waals surface area contributed by atoms with Gasteiger partial charge in [0.05, 0.1) is 16.9 Å². The van der Waals surface area contributed by atoms with Crippen molar-refractivity contribution in [3.63, 3.8) is 0 Å². The monoisotopic (exact) mass is 392 g/mol. The van der Waals surface area contributed by atoms with Crippen LogP contribution in [0, 0.1) is 12.7 Å². The number of aryl methyl sites for hydroxylation is 1. The number of fused-ring (bicyclic) bond motifs is 1. The topological polar surface area (TPSA) is 89.0 Å². The molecule has 2 aromatic heterocycles. The third kappa shape index (κ3) is 3.86. The van der Waals surface area contributed by atoms with Gasteiger partial charge >= 0.3 is 5.97 Å². The van der Waals surface area contributed by atoms with Crippen molar-refractivity contribution in [2.24, 2.45) is 0 Å². The first-order chi connectivity index (χ1) is 14.0. The molecule has 7 nitrogen and oxygen atoms in total. The number of para-hydroxylation sites is 1. The van der Waals surface area contributed by atoms with E-state index in [2.05, 4.69) is 15.4 Å². The second-order valence-electron chi connectivity index (χ2n) is 6.43. The number of nitrogens with one attached hydrogen (secondary N) is 2. The molecule has 29 heavy (non-hydrogen) atoms. The van der Waals surface area contributed by atoms with Gasteiger partial charge in [0.2, 0.25) is 0 Å². The molecule has 4 rings (SSSR count). The number of hydrogen-bond donors (Lipinski definition) is 2. The minimum absolute atomic E-state index is 0.362. The van der Waals surface area contributed by atoms with Crippen LogP contribution in [0.5, 0.6) is 0 Å². The summed E-state index contributed by atoms with van der Waals surface area (Å²) in [5.74, 6) is -1.09. The molecule has 0 spiro atoms. The van der Waals surface area contributed by atoms with Gasteiger partial charge in [-0.05, 0) is 37.3 Å². The Bertz CT molecular complexity index is 1190. The van der Waals surface area contributed by atoms with Gasteiger partial charge in [0.1, 0.15) is 11.6 Å². The quantitative estimate of drug-likeness (QED) is 0.508. The van der Waals surface area contributed by atoms with Gasteiger partial charge in [0, 0.05) is 23.2 Å². The molecule has 0 saturated carbocycles. The first-order valence-corrected chi connectivity index (χ1v) is 8.87. The summed E-state index contributed by atoms with van der Waals surface area (Å²) in [4.78, 5) is 27.6. The van der Waals surface area contributed by atoms with Gasteiger partial charge in [-0.15, -0.1) is 0 Å². The molecular formula is C21H17FN4O3. The SMILES string of the molecule is Cc1cc(NC(=O)COC(=O)c2c[nH]c3ccccc23)n(-c2ccc(F)cc2)n1. The average Bonchev–Trinajstić information content (AvgIpc) is 3.30. The molecule has 0 atom stereocenters. The van der Waals surface area contributed by atoms with E-state index < -0.39 is 18.5 Å². The van der Waals surface area contributed by atoms with Crippen LogP contribution in [0.15, 0.2) is 60.8 Å². The molecule has 0 aliphatic carbocycles. The van der Waals surface area contributed by atoms with Crippen molar-refractivity contribution >= 4 is 28.6 Å². The van der Waals surface area contributed by atoms with E-state index in [4.69, 9.17) is 4.74 Å². The van der Waals surface area contributed by atoms with Crippen molar-refractivity contribution in [3.05, 3.63) is 77.9 Å². The molecule has 2 N–H and O–H groups in total. The Hall–Kier alpha value is -3.94. The number of ether oxygens (including phenoxy) is 1. The zero-order valence-corrected chi connectivity index (χ0v) is 15.5. The minimum Gasteiger partial charge on any atom is -0.452 e. The number of nitrogens with zero attached hydrogens (tertiary/aromatic N) is 2. The number of hydrogen-bond acceptors (Lipinski definition) is 4. The van der Waals surface area contributed by atoms with Gasteiger partial charge in [0.25, 0.3) is 5.91 Å². The highest BCUT2D eigenvalue weighted by molar-refractivity contribution is 6.05. The zero-order valence-electron chi connectivity index (χ0n) is 15.5. The fourth-order valence-corrected chi connectivity index (χ4v) is 3.00. The van der Waals surface area contributed by atoms with E-state index in [1.54, 1.807) is 37.4 Å². The number of anilines is 1. The van der Waals surface area contributed by atoms with Gasteiger partial charge in [-0.25, -0.2) is 13.9 Å². The van der Waals surface area contributed by atoms with Crippen LogP contribution in [-0.2, 0) is 9.53 Å². The zero-order chi connectivity index (χ0) is 20.4. The van der Waals surface area contributed by atoms with Crippen molar-refractivity contribution in [1.82, 2.24) is 14.8 Å². The molecular weight excluding hydrogens is 375 g/mol. The van der Waals surface area contributed by atoms with Crippen LogP contribution < -0.4 is 5.32 Å². The van der Waals surface area contributed by atoms with Gasteiger partial charge in [-0.1, -0.05) is 18.2 Å². The Kier molecular flexibility index (Phi) is 4.82. The second kappa shape index (κ2) is 7.59. The standard InChI is InChI=1S/C21H17FN4O3/c1-13-10-19(26(25-13)15-8-6-14(22)7-9-15)24-20(27)12-29-21(28)17-11-23-18-5-3-2-4-16(17)18/h2-11,23H,12H2,1H3,(H,24,27). The number of H-pyrrole nitrogens is 1. The molecule has 2 heterocycles. The molecule has 0 bridgehead atoms. The lowest BCUT2D eigenvalue weighted by molar-refractivity contribution is -0.119. The third-order valence-corrected chi connectivity index (χ3v) is 4.31. The predicted octanol–water partition coefficient (Wildman–Crippen LogP) is 3.60. The van der Waals surface area contributed by atoms with E-state index in [-0.39, 0.29) is 5.82 Å². The Morgan fingerprint density at radius 3 is 2.72 bits per heavy atom. The molecule has 0 aliphatic heterocycles. The summed E-state index contributed by atoms with van der Waals surface area (Å²) in [6.07, 6.45) is 1.55. The summed E-state index contributed by atoms with van der Waals surface area (Å²) in [7, 11) is 0. The molecule has 0 aliphatic rings. The Morgan fingerprint density at radius 2 is 1.93 bits per heavy atom. The highest BCUT2D eigenvalue weighted by atomic mass is 19.1. The summed E-state index contributed by atoms with van der Waals surface area (Å²) in [5.41, 5.74) is 2.43. The van der Waals surface area contributed by atoms with E-state index in [0.717, 1.165) is 10.9 Å². The molecule has 146 valence electrons. The van der Waals surface area contributed by atoms with Crippen molar-refractivity contribution in [1.29, 1.82) is 0 Å². The molecule has 0 saturated heterocycles.